The van der Waals surface area contributed by atoms with Crippen molar-refractivity contribution in [3.05, 3.63) is 29.1 Å². The molecule has 0 radical (unpaired) electrons. The van der Waals surface area contributed by atoms with Crippen LogP contribution in [0.4, 0.5) is 0 Å². The van der Waals surface area contributed by atoms with Crippen molar-refractivity contribution in [1.82, 2.24) is 4.98 Å². The summed E-state index contributed by atoms with van der Waals surface area (Å²) in [5.41, 5.74) is 2.54. The van der Waals surface area contributed by atoms with Crippen LogP contribution in [0.3, 0.4) is 0 Å². The van der Waals surface area contributed by atoms with Crippen LogP contribution in [-0.2, 0) is 0 Å². The SMILES string of the molecule is Cc1ccc(C=O)nc1C. The van der Waals surface area contributed by atoms with Gasteiger partial charge in [0.1, 0.15) is 5.69 Å². The van der Waals surface area contributed by atoms with Gasteiger partial charge in [-0.3, -0.25) is 9.78 Å². The molecule has 0 N–H and O–H groups in total. The van der Waals surface area contributed by atoms with Crippen LogP contribution in [0.25, 0.3) is 0 Å². The second-order valence-electron chi connectivity index (χ2n) is 2.26. The van der Waals surface area contributed by atoms with Gasteiger partial charge in [0.15, 0.2) is 6.29 Å². The lowest BCUT2D eigenvalue weighted by atomic mass is 10.2. The Kier molecular flexibility index (Phi) is 1.81. The molecule has 0 aromatic carbocycles. The maximum atomic E-state index is 10.2. The molecule has 10 heavy (non-hydrogen) atoms. The Hall–Kier alpha value is -1.18. The van der Waals surface area contributed by atoms with Gasteiger partial charge in [-0.25, -0.2) is 0 Å². The quantitative estimate of drug-likeness (QED) is 0.546. The number of pyridine rings is 1. The molecule has 2 nitrogen and oxygen atoms in total. The van der Waals surface area contributed by atoms with E-state index in [9.17, 15) is 4.79 Å². The summed E-state index contributed by atoms with van der Waals surface area (Å²) in [5.74, 6) is 0. The van der Waals surface area contributed by atoms with Crippen LogP contribution in [0.1, 0.15) is 21.7 Å². The second-order valence-corrected chi connectivity index (χ2v) is 2.26. The lowest BCUT2D eigenvalue weighted by molar-refractivity contribution is 0.111. The van der Waals surface area contributed by atoms with Crippen LogP contribution < -0.4 is 0 Å². The Morgan fingerprint density at radius 2 is 2.10 bits per heavy atom. The highest BCUT2D eigenvalue weighted by Crippen LogP contribution is 2.02. The third kappa shape index (κ3) is 1.21. The standard InChI is InChI=1S/C8H9NO/c1-6-3-4-8(5-10)9-7(6)2/h3-5H,1-2H3. The minimum Gasteiger partial charge on any atom is -0.296 e. The molecule has 2 heteroatoms. The van der Waals surface area contributed by atoms with Crippen LogP contribution in [-0.4, -0.2) is 11.3 Å². The Labute approximate surface area is 59.9 Å². The van der Waals surface area contributed by atoms with E-state index in [1.165, 1.54) is 0 Å². The zero-order chi connectivity index (χ0) is 7.56. The predicted molar refractivity (Wildman–Crippen MR) is 39.1 cm³/mol. The first-order valence-electron chi connectivity index (χ1n) is 3.13. The van der Waals surface area contributed by atoms with Gasteiger partial charge in [0.25, 0.3) is 0 Å². The van der Waals surface area contributed by atoms with Crippen molar-refractivity contribution in [1.29, 1.82) is 0 Å². The normalized spacial score (nSPS) is 9.40. The highest BCUT2D eigenvalue weighted by Gasteiger charge is 1.94. The highest BCUT2D eigenvalue weighted by molar-refractivity contribution is 5.71. The van der Waals surface area contributed by atoms with Crippen LogP contribution in [0.2, 0.25) is 0 Å². The van der Waals surface area contributed by atoms with Gasteiger partial charge < -0.3 is 0 Å². The zero-order valence-electron chi connectivity index (χ0n) is 6.09. The second kappa shape index (κ2) is 2.60. The molecule has 1 rings (SSSR count). The lowest BCUT2D eigenvalue weighted by Gasteiger charge is -1.96. The molecule has 0 saturated carbocycles. The molecule has 0 atom stereocenters. The molecule has 0 aliphatic heterocycles. The largest absolute Gasteiger partial charge is 0.296 e. The maximum absolute atomic E-state index is 10.2. The summed E-state index contributed by atoms with van der Waals surface area (Å²) in [6.45, 7) is 3.86. The van der Waals surface area contributed by atoms with E-state index < -0.39 is 0 Å². The van der Waals surface area contributed by atoms with Crippen LogP contribution in [0, 0.1) is 13.8 Å². The molecular formula is C8H9NO. The number of carbonyl (C=O) groups excluding carboxylic acids is 1. The Morgan fingerprint density at radius 1 is 1.40 bits per heavy atom. The fourth-order valence-corrected chi connectivity index (χ4v) is 0.716. The number of rotatable bonds is 1. The molecule has 1 aromatic rings. The molecule has 0 aliphatic carbocycles. The number of nitrogens with zero attached hydrogens (tertiary/aromatic N) is 1. The fourth-order valence-electron chi connectivity index (χ4n) is 0.716. The van der Waals surface area contributed by atoms with Gasteiger partial charge in [-0.2, -0.15) is 0 Å². The zero-order valence-corrected chi connectivity index (χ0v) is 6.09. The number of aromatic nitrogens is 1. The molecule has 1 aromatic heterocycles. The lowest BCUT2D eigenvalue weighted by Crippen LogP contribution is -1.91. The van der Waals surface area contributed by atoms with Crippen molar-refractivity contribution in [2.24, 2.45) is 0 Å². The maximum Gasteiger partial charge on any atom is 0.168 e. The summed E-state index contributed by atoms with van der Waals surface area (Å²) < 4.78 is 0. The first-order valence-corrected chi connectivity index (χ1v) is 3.13. The van der Waals surface area contributed by atoms with E-state index >= 15 is 0 Å². The van der Waals surface area contributed by atoms with Gasteiger partial charge >= 0.3 is 0 Å². The van der Waals surface area contributed by atoms with Crippen molar-refractivity contribution >= 4 is 6.29 Å². The average molecular weight is 135 g/mol. The van der Waals surface area contributed by atoms with Crippen molar-refractivity contribution < 1.29 is 4.79 Å². The first-order chi connectivity index (χ1) is 4.74. The number of hydrogen-bond donors (Lipinski definition) is 0. The van der Waals surface area contributed by atoms with Gasteiger partial charge in [-0.15, -0.1) is 0 Å². The van der Waals surface area contributed by atoms with Crippen molar-refractivity contribution in [2.45, 2.75) is 13.8 Å². The molecule has 52 valence electrons. The molecule has 0 fully saturated rings. The Balaban J connectivity index is 3.16. The topological polar surface area (TPSA) is 30.0 Å². The number of aryl methyl sites for hydroxylation is 2. The van der Waals surface area contributed by atoms with Crippen LogP contribution in [0.5, 0.6) is 0 Å². The number of hydrogen-bond acceptors (Lipinski definition) is 2. The monoisotopic (exact) mass is 135 g/mol. The minimum atomic E-state index is 0.503. The molecule has 0 aliphatic rings. The summed E-state index contributed by atoms with van der Waals surface area (Å²) in [6.07, 6.45) is 0.756. The van der Waals surface area contributed by atoms with Crippen molar-refractivity contribution in [3.63, 3.8) is 0 Å². The molecule has 1 heterocycles. The average Bonchev–Trinajstić information content (AvgIpc) is 1.95. The van der Waals surface area contributed by atoms with Crippen molar-refractivity contribution in [2.75, 3.05) is 0 Å². The van der Waals surface area contributed by atoms with E-state index in [2.05, 4.69) is 4.98 Å². The third-order valence-electron chi connectivity index (χ3n) is 1.49. The van der Waals surface area contributed by atoms with Gasteiger partial charge in [0, 0.05) is 5.69 Å². The van der Waals surface area contributed by atoms with Gasteiger partial charge in [0.2, 0.25) is 0 Å². The minimum absolute atomic E-state index is 0.503. The summed E-state index contributed by atoms with van der Waals surface area (Å²) in [7, 11) is 0. The van der Waals surface area contributed by atoms with Gasteiger partial charge in [0.05, 0.1) is 0 Å². The van der Waals surface area contributed by atoms with Crippen LogP contribution in [0.15, 0.2) is 12.1 Å². The fraction of sp³-hybridized carbons (Fsp3) is 0.250. The van der Waals surface area contributed by atoms with E-state index in [0.717, 1.165) is 17.5 Å². The molecule has 0 amide bonds. The number of aldehydes is 1. The summed E-state index contributed by atoms with van der Waals surface area (Å²) in [6, 6.07) is 3.61. The smallest absolute Gasteiger partial charge is 0.168 e. The van der Waals surface area contributed by atoms with E-state index in [-0.39, 0.29) is 0 Å². The summed E-state index contributed by atoms with van der Waals surface area (Å²) in [4.78, 5) is 14.2. The predicted octanol–water partition coefficient (Wildman–Crippen LogP) is 1.51. The third-order valence-corrected chi connectivity index (χ3v) is 1.49. The Morgan fingerprint density at radius 3 is 2.60 bits per heavy atom. The van der Waals surface area contributed by atoms with E-state index in [1.54, 1.807) is 6.07 Å². The van der Waals surface area contributed by atoms with Gasteiger partial charge in [-0.1, -0.05) is 6.07 Å². The summed E-state index contributed by atoms with van der Waals surface area (Å²) >= 11 is 0. The molecule has 0 spiro atoms. The molecule has 0 unspecified atom stereocenters. The van der Waals surface area contributed by atoms with Crippen LogP contribution >= 0.6 is 0 Å². The van der Waals surface area contributed by atoms with Gasteiger partial charge in [-0.05, 0) is 25.5 Å². The summed E-state index contributed by atoms with van der Waals surface area (Å²) in [5, 5.41) is 0. The highest BCUT2D eigenvalue weighted by atomic mass is 16.1. The Bertz CT molecular complexity index is 255. The molecular weight excluding hydrogens is 126 g/mol. The van der Waals surface area contributed by atoms with E-state index in [1.807, 2.05) is 19.9 Å². The molecule has 0 bridgehead atoms. The van der Waals surface area contributed by atoms with Crippen molar-refractivity contribution in [3.8, 4) is 0 Å². The first kappa shape index (κ1) is 6.93. The van der Waals surface area contributed by atoms with E-state index in [4.69, 9.17) is 0 Å². The van der Waals surface area contributed by atoms with E-state index in [0.29, 0.717) is 5.69 Å². The number of carbonyl (C=O) groups is 1. The molecule has 0 saturated heterocycles.